The number of anilines is 1. The lowest BCUT2D eigenvalue weighted by Gasteiger charge is -2.39. The Kier molecular flexibility index (Phi) is 11.8. The van der Waals surface area contributed by atoms with Gasteiger partial charge in [0.2, 0.25) is 11.8 Å². The lowest BCUT2D eigenvalue weighted by Crippen LogP contribution is -2.49. The number of ether oxygens (including phenoxy) is 3. The summed E-state index contributed by atoms with van der Waals surface area (Å²) in [7, 11) is 0. The van der Waals surface area contributed by atoms with Crippen molar-refractivity contribution in [1.29, 1.82) is 0 Å². The number of piperazine rings is 1. The third kappa shape index (κ3) is 9.28. The Morgan fingerprint density at radius 1 is 0.750 bits per heavy atom. The molecular formula is C40H48N4O4. The Morgan fingerprint density at radius 3 is 2.04 bits per heavy atom. The summed E-state index contributed by atoms with van der Waals surface area (Å²) in [6.07, 6.45) is 3.94. The van der Waals surface area contributed by atoms with E-state index < -0.39 is 0 Å². The number of carbonyl (C=O) groups excluding carboxylic acids is 1. The first kappa shape index (κ1) is 33.3. The number of hydrogen-bond donors (Lipinski definition) is 0. The maximum Gasteiger partial charge on any atom is 0.409 e. The third-order valence-electron chi connectivity index (χ3n) is 9.31. The van der Waals surface area contributed by atoms with Crippen LogP contribution in [0.15, 0.2) is 97.1 Å². The van der Waals surface area contributed by atoms with Gasteiger partial charge in [0.05, 0.1) is 6.61 Å². The van der Waals surface area contributed by atoms with E-state index in [4.69, 9.17) is 19.2 Å². The van der Waals surface area contributed by atoms with E-state index >= 15 is 0 Å². The number of nitrogens with zero attached hydrogens (tertiary/aromatic N) is 4. The number of likely N-dealkylation sites (tertiary alicyclic amines) is 1. The van der Waals surface area contributed by atoms with Gasteiger partial charge in [0.15, 0.2) is 0 Å². The highest BCUT2D eigenvalue weighted by Crippen LogP contribution is 2.33. The van der Waals surface area contributed by atoms with Crippen molar-refractivity contribution in [2.75, 3.05) is 57.3 Å². The molecule has 0 radical (unpaired) electrons. The largest absolute Gasteiger partial charge is 0.473 e. The first-order valence-corrected chi connectivity index (χ1v) is 17.5. The van der Waals surface area contributed by atoms with Gasteiger partial charge in [-0.05, 0) is 60.1 Å². The summed E-state index contributed by atoms with van der Waals surface area (Å²) in [6, 6.07) is 33.0. The number of benzene rings is 3. The van der Waals surface area contributed by atoms with Crippen LogP contribution in [0.5, 0.6) is 11.8 Å². The zero-order valence-electron chi connectivity index (χ0n) is 28.1. The minimum Gasteiger partial charge on any atom is -0.473 e. The first-order valence-electron chi connectivity index (χ1n) is 17.5. The van der Waals surface area contributed by atoms with Crippen LogP contribution in [0.3, 0.4) is 0 Å². The van der Waals surface area contributed by atoms with E-state index in [0.717, 1.165) is 93.8 Å². The SMILES string of the molecule is CCCCOC(=O)N1CCC(CN2CCN(c3ccc(-c4ccc(OCc5ccccc5)nc4OCc4ccccc4)cc3)CC2)CC1. The van der Waals surface area contributed by atoms with Crippen LogP contribution < -0.4 is 14.4 Å². The highest BCUT2D eigenvalue weighted by molar-refractivity contribution is 5.71. The number of unbranched alkanes of at least 4 members (excludes halogenated alkanes) is 1. The Hall–Kier alpha value is -4.56. The fraction of sp³-hybridized carbons (Fsp3) is 0.400. The van der Waals surface area contributed by atoms with Gasteiger partial charge in [-0.3, -0.25) is 4.90 Å². The highest BCUT2D eigenvalue weighted by atomic mass is 16.6. The topological polar surface area (TPSA) is 67.4 Å². The second-order valence-electron chi connectivity index (χ2n) is 12.8. The van der Waals surface area contributed by atoms with Crippen LogP contribution in [0.4, 0.5) is 10.5 Å². The van der Waals surface area contributed by atoms with Crippen LogP contribution in [-0.2, 0) is 18.0 Å². The van der Waals surface area contributed by atoms with Crippen LogP contribution in [0.25, 0.3) is 11.1 Å². The number of amides is 1. The molecular weight excluding hydrogens is 600 g/mol. The molecule has 2 saturated heterocycles. The van der Waals surface area contributed by atoms with Crippen LogP contribution in [0.2, 0.25) is 0 Å². The molecule has 2 fully saturated rings. The average molecular weight is 649 g/mol. The third-order valence-corrected chi connectivity index (χ3v) is 9.31. The molecule has 252 valence electrons. The Bertz CT molecular complexity index is 1550. The van der Waals surface area contributed by atoms with Crippen molar-refractivity contribution in [3.05, 3.63) is 108 Å². The minimum atomic E-state index is -0.140. The Morgan fingerprint density at radius 2 is 1.40 bits per heavy atom. The predicted octanol–water partition coefficient (Wildman–Crippen LogP) is 7.68. The standard InChI is InChI=1S/C40H48N4O4/c1-2-3-28-46-40(45)44-22-20-32(21-23-44)29-42-24-26-43(27-25-42)36-16-14-35(15-17-36)37-18-19-38(47-30-33-10-6-4-7-11-33)41-39(37)48-31-34-12-8-5-9-13-34/h4-19,32H,2-3,20-31H2,1H3. The molecule has 0 atom stereocenters. The quantitative estimate of drug-likeness (QED) is 0.138. The van der Waals surface area contributed by atoms with Gasteiger partial charge in [-0.25, -0.2) is 4.79 Å². The number of pyridine rings is 1. The first-order chi connectivity index (χ1) is 23.6. The molecule has 2 aliphatic rings. The molecule has 4 aromatic rings. The van der Waals surface area contributed by atoms with Crippen molar-refractivity contribution in [3.63, 3.8) is 0 Å². The van der Waals surface area contributed by atoms with Crippen LogP contribution >= 0.6 is 0 Å². The molecule has 6 rings (SSSR count). The summed E-state index contributed by atoms with van der Waals surface area (Å²) in [4.78, 5) is 24.0. The molecule has 8 nitrogen and oxygen atoms in total. The molecule has 0 saturated carbocycles. The monoisotopic (exact) mass is 648 g/mol. The maximum atomic E-state index is 12.3. The number of piperidine rings is 1. The highest BCUT2D eigenvalue weighted by Gasteiger charge is 2.26. The molecule has 3 heterocycles. The molecule has 0 N–H and O–H groups in total. The molecule has 0 bridgehead atoms. The number of carbonyl (C=O) groups is 1. The van der Waals surface area contributed by atoms with E-state index in [1.165, 1.54) is 5.69 Å². The molecule has 8 heteroatoms. The molecule has 0 aliphatic carbocycles. The second-order valence-corrected chi connectivity index (χ2v) is 12.8. The Labute approximate surface area is 285 Å². The van der Waals surface area contributed by atoms with E-state index in [9.17, 15) is 4.79 Å². The summed E-state index contributed by atoms with van der Waals surface area (Å²) in [6.45, 7) is 10.3. The van der Waals surface area contributed by atoms with Gasteiger partial charge in [-0.2, -0.15) is 4.98 Å². The Balaban J connectivity index is 1.03. The molecule has 0 unspecified atom stereocenters. The van der Waals surface area contributed by atoms with E-state index in [2.05, 4.69) is 53.1 Å². The summed E-state index contributed by atoms with van der Waals surface area (Å²) in [5, 5.41) is 0. The van der Waals surface area contributed by atoms with Gasteiger partial charge in [0.1, 0.15) is 13.2 Å². The van der Waals surface area contributed by atoms with E-state index in [-0.39, 0.29) is 6.09 Å². The lowest BCUT2D eigenvalue weighted by atomic mass is 9.96. The van der Waals surface area contributed by atoms with Gasteiger partial charge < -0.3 is 24.0 Å². The van der Waals surface area contributed by atoms with Crippen LogP contribution in [0, 0.1) is 5.92 Å². The van der Waals surface area contributed by atoms with Crippen molar-refractivity contribution in [3.8, 4) is 22.9 Å². The summed E-state index contributed by atoms with van der Waals surface area (Å²) in [5.41, 5.74) is 5.41. The van der Waals surface area contributed by atoms with E-state index in [1.54, 1.807) is 0 Å². The zero-order chi connectivity index (χ0) is 33.0. The van der Waals surface area contributed by atoms with Crippen LogP contribution in [0.1, 0.15) is 43.7 Å². The zero-order valence-corrected chi connectivity index (χ0v) is 28.1. The van der Waals surface area contributed by atoms with E-state index in [1.807, 2.05) is 65.6 Å². The molecule has 48 heavy (non-hydrogen) atoms. The van der Waals surface area contributed by atoms with Gasteiger partial charge >= 0.3 is 6.09 Å². The minimum absolute atomic E-state index is 0.140. The molecule has 1 amide bonds. The van der Waals surface area contributed by atoms with Gasteiger partial charge in [0.25, 0.3) is 0 Å². The average Bonchev–Trinajstić information content (AvgIpc) is 3.15. The summed E-state index contributed by atoms with van der Waals surface area (Å²) < 4.78 is 17.7. The van der Waals surface area contributed by atoms with Crippen molar-refractivity contribution >= 4 is 11.8 Å². The summed E-state index contributed by atoms with van der Waals surface area (Å²) >= 11 is 0. The molecule has 3 aromatic carbocycles. The lowest BCUT2D eigenvalue weighted by molar-refractivity contribution is 0.0807. The number of hydrogen-bond acceptors (Lipinski definition) is 7. The normalized spacial score (nSPS) is 15.7. The molecule has 1 aromatic heterocycles. The molecule has 0 spiro atoms. The van der Waals surface area contributed by atoms with Gasteiger partial charge in [-0.1, -0.05) is 86.1 Å². The fourth-order valence-corrected chi connectivity index (χ4v) is 6.39. The van der Waals surface area contributed by atoms with Crippen molar-refractivity contribution < 1.29 is 19.0 Å². The second kappa shape index (κ2) is 17.0. The van der Waals surface area contributed by atoms with E-state index in [0.29, 0.717) is 37.5 Å². The maximum absolute atomic E-state index is 12.3. The smallest absolute Gasteiger partial charge is 0.409 e. The van der Waals surface area contributed by atoms with Crippen molar-refractivity contribution in [1.82, 2.24) is 14.8 Å². The van der Waals surface area contributed by atoms with Gasteiger partial charge in [-0.15, -0.1) is 0 Å². The predicted molar refractivity (Wildman–Crippen MR) is 190 cm³/mol. The summed E-state index contributed by atoms with van der Waals surface area (Å²) in [5.74, 6) is 1.73. The molecule has 2 aliphatic heterocycles. The van der Waals surface area contributed by atoms with Crippen LogP contribution in [-0.4, -0.2) is 73.3 Å². The van der Waals surface area contributed by atoms with Crippen molar-refractivity contribution in [2.45, 2.75) is 45.8 Å². The number of rotatable bonds is 13. The number of aromatic nitrogens is 1. The van der Waals surface area contributed by atoms with Crippen molar-refractivity contribution in [2.24, 2.45) is 5.92 Å². The van der Waals surface area contributed by atoms with Gasteiger partial charge in [0, 0.05) is 63.1 Å². The fourth-order valence-electron chi connectivity index (χ4n) is 6.39.